The Morgan fingerprint density at radius 1 is 1.10 bits per heavy atom. The summed E-state index contributed by atoms with van der Waals surface area (Å²) < 4.78 is 5.51. The first kappa shape index (κ1) is 21.4. The molecule has 0 N–H and O–H groups in total. The number of para-hydroxylation sites is 1. The van der Waals surface area contributed by atoms with Crippen LogP contribution in [-0.2, 0) is 4.79 Å². The first-order valence-corrected chi connectivity index (χ1v) is 9.99. The van der Waals surface area contributed by atoms with Gasteiger partial charge in [0.1, 0.15) is 17.4 Å². The van der Waals surface area contributed by atoms with E-state index in [0.29, 0.717) is 22.5 Å². The summed E-state index contributed by atoms with van der Waals surface area (Å²) in [6.07, 6.45) is 1.28. The second-order valence-corrected chi connectivity index (χ2v) is 7.85. The zero-order chi connectivity index (χ0) is 21.1. The van der Waals surface area contributed by atoms with Crippen LogP contribution in [0.5, 0.6) is 5.75 Å². The lowest BCUT2D eigenvalue weighted by atomic mass is 10.1. The van der Waals surface area contributed by atoms with Gasteiger partial charge in [-0.2, -0.15) is 0 Å². The number of nitro groups is 1. The number of rotatable bonds is 6. The molecule has 29 heavy (non-hydrogen) atoms. The van der Waals surface area contributed by atoms with Crippen molar-refractivity contribution in [3.63, 3.8) is 0 Å². The van der Waals surface area contributed by atoms with E-state index in [4.69, 9.17) is 39.5 Å². The maximum Gasteiger partial charge on any atom is 0.293 e. The van der Waals surface area contributed by atoms with E-state index in [1.54, 1.807) is 24.3 Å². The summed E-state index contributed by atoms with van der Waals surface area (Å²) >= 11 is 18.8. The molecule has 0 spiro atoms. The summed E-state index contributed by atoms with van der Waals surface area (Å²) in [6.45, 7) is 0.0526. The Morgan fingerprint density at radius 2 is 1.83 bits per heavy atom. The Hall–Kier alpha value is -2.26. The van der Waals surface area contributed by atoms with Crippen molar-refractivity contribution in [2.75, 3.05) is 13.2 Å². The predicted molar refractivity (Wildman–Crippen MR) is 113 cm³/mol. The van der Waals surface area contributed by atoms with Gasteiger partial charge in [0.05, 0.1) is 21.4 Å². The fourth-order valence-electron chi connectivity index (χ4n) is 2.46. The molecule has 0 aromatic heterocycles. The minimum atomic E-state index is -0.659. The SMILES string of the molecule is O=C1S/C(=C\c2c(Cl)ccc([N+](=O)[O-])c2Cl)C(=O)N1CCOc1ccccc1Cl. The number of ether oxygens (including phenoxy) is 1. The minimum Gasteiger partial charge on any atom is -0.490 e. The average molecular weight is 474 g/mol. The second-order valence-electron chi connectivity index (χ2n) is 5.66. The van der Waals surface area contributed by atoms with Crippen molar-refractivity contribution >= 4 is 69.5 Å². The lowest BCUT2D eigenvalue weighted by Crippen LogP contribution is -2.32. The van der Waals surface area contributed by atoms with Crippen molar-refractivity contribution in [1.29, 1.82) is 0 Å². The number of nitro benzene ring substituents is 1. The van der Waals surface area contributed by atoms with Gasteiger partial charge < -0.3 is 4.74 Å². The zero-order valence-electron chi connectivity index (χ0n) is 14.4. The molecular formula is C18H11Cl3N2O5S. The largest absolute Gasteiger partial charge is 0.490 e. The van der Waals surface area contributed by atoms with E-state index in [1.807, 2.05) is 0 Å². The molecule has 3 rings (SSSR count). The highest BCUT2D eigenvalue weighted by molar-refractivity contribution is 8.18. The number of amides is 2. The van der Waals surface area contributed by atoms with E-state index in [0.717, 1.165) is 4.90 Å². The van der Waals surface area contributed by atoms with Crippen molar-refractivity contribution in [2.24, 2.45) is 0 Å². The van der Waals surface area contributed by atoms with Gasteiger partial charge in [0.2, 0.25) is 0 Å². The van der Waals surface area contributed by atoms with Crippen molar-refractivity contribution in [3.05, 3.63) is 72.0 Å². The smallest absolute Gasteiger partial charge is 0.293 e. The summed E-state index contributed by atoms with van der Waals surface area (Å²) in [5.74, 6) is -0.131. The van der Waals surface area contributed by atoms with E-state index < -0.39 is 16.1 Å². The molecule has 0 saturated carbocycles. The molecule has 0 radical (unpaired) electrons. The van der Waals surface area contributed by atoms with Crippen LogP contribution in [0.3, 0.4) is 0 Å². The third-order valence-electron chi connectivity index (χ3n) is 3.86. The monoisotopic (exact) mass is 472 g/mol. The molecule has 1 aliphatic rings. The molecule has 1 aliphatic heterocycles. The van der Waals surface area contributed by atoms with Gasteiger partial charge in [-0.3, -0.25) is 24.6 Å². The Kier molecular flexibility index (Phi) is 6.69. The van der Waals surface area contributed by atoms with Crippen LogP contribution in [0.2, 0.25) is 15.1 Å². The molecule has 2 aromatic rings. The quantitative estimate of drug-likeness (QED) is 0.305. The number of hydrogen-bond donors (Lipinski definition) is 0. The van der Waals surface area contributed by atoms with Gasteiger partial charge in [-0.25, -0.2) is 0 Å². The molecule has 0 unspecified atom stereocenters. The van der Waals surface area contributed by atoms with Crippen LogP contribution in [0.25, 0.3) is 6.08 Å². The Labute approximate surface area is 184 Å². The lowest BCUT2D eigenvalue weighted by molar-refractivity contribution is -0.384. The first-order chi connectivity index (χ1) is 13.8. The number of imide groups is 1. The zero-order valence-corrected chi connectivity index (χ0v) is 17.5. The van der Waals surface area contributed by atoms with Crippen molar-refractivity contribution < 1.29 is 19.2 Å². The number of carbonyl (C=O) groups excluding carboxylic acids is 2. The highest BCUT2D eigenvalue weighted by Gasteiger charge is 2.35. The maximum atomic E-state index is 12.6. The normalized spacial score (nSPS) is 15.3. The highest BCUT2D eigenvalue weighted by Crippen LogP contribution is 2.38. The van der Waals surface area contributed by atoms with Crippen molar-refractivity contribution in [1.82, 2.24) is 4.90 Å². The third-order valence-corrected chi connectivity index (χ3v) is 5.81. The van der Waals surface area contributed by atoms with Gasteiger partial charge in [-0.05, 0) is 36.0 Å². The second kappa shape index (κ2) is 9.04. The summed E-state index contributed by atoms with van der Waals surface area (Å²) in [6, 6.07) is 9.30. The molecule has 0 bridgehead atoms. The predicted octanol–water partition coefficient (Wildman–Crippen LogP) is 5.67. The van der Waals surface area contributed by atoms with Gasteiger partial charge in [-0.15, -0.1) is 0 Å². The van der Waals surface area contributed by atoms with Gasteiger partial charge in [0.25, 0.3) is 16.8 Å². The molecule has 1 fully saturated rings. The Balaban J connectivity index is 1.76. The maximum absolute atomic E-state index is 12.6. The van der Waals surface area contributed by atoms with Crippen molar-refractivity contribution in [3.8, 4) is 5.75 Å². The number of nitrogens with zero attached hydrogens (tertiary/aromatic N) is 2. The van der Waals surface area contributed by atoms with Gasteiger partial charge in [-0.1, -0.05) is 46.9 Å². The molecule has 1 heterocycles. The molecule has 11 heteroatoms. The van der Waals surface area contributed by atoms with Gasteiger partial charge in [0, 0.05) is 16.7 Å². The van der Waals surface area contributed by atoms with Crippen LogP contribution in [0.1, 0.15) is 5.56 Å². The van der Waals surface area contributed by atoms with E-state index in [-0.39, 0.29) is 39.4 Å². The topological polar surface area (TPSA) is 89.8 Å². The van der Waals surface area contributed by atoms with Crippen LogP contribution in [0.15, 0.2) is 41.3 Å². The number of benzene rings is 2. The van der Waals surface area contributed by atoms with Gasteiger partial charge >= 0.3 is 0 Å². The summed E-state index contributed by atoms with van der Waals surface area (Å²) in [7, 11) is 0. The molecule has 7 nitrogen and oxygen atoms in total. The number of halogens is 3. The van der Waals surface area contributed by atoms with Crippen LogP contribution in [0, 0.1) is 10.1 Å². The minimum absolute atomic E-state index is 0.00360. The highest BCUT2D eigenvalue weighted by atomic mass is 35.5. The van der Waals surface area contributed by atoms with Crippen LogP contribution < -0.4 is 4.74 Å². The lowest BCUT2D eigenvalue weighted by Gasteiger charge is -2.13. The fourth-order valence-corrected chi connectivity index (χ4v) is 4.05. The molecular weight excluding hydrogens is 463 g/mol. The summed E-state index contributed by atoms with van der Waals surface area (Å²) in [5.41, 5.74) is -0.255. The van der Waals surface area contributed by atoms with Crippen molar-refractivity contribution in [2.45, 2.75) is 0 Å². The molecule has 0 aliphatic carbocycles. The average Bonchev–Trinajstić information content (AvgIpc) is 2.93. The van der Waals surface area contributed by atoms with E-state index in [1.165, 1.54) is 18.2 Å². The standard InChI is InChI=1S/C18H11Cl3N2O5S/c19-11-5-6-13(23(26)27)16(21)10(11)9-15-17(24)22(18(25)29-15)7-8-28-14-4-2-1-3-12(14)20/h1-6,9H,7-8H2/b15-9-. The fraction of sp³-hybridized carbons (Fsp3) is 0.111. The molecule has 0 atom stereocenters. The van der Waals surface area contributed by atoms with Crippen LogP contribution in [0.4, 0.5) is 10.5 Å². The summed E-state index contributed by atoms with van der Waals surface area (Å²) in [5, 5.41) is 10.9. The first-order valence-electron chi connectivity index (χ1n) is 8.04. The summed E-state index contributed by atoms with van der Waals surface area (Å²) in [4.78, 5) is 36.2. The third kappa shape index (κ3) is 4.67. The van der Waals surface area contributed by atoms with Crippen LogP contribution >= 0.6 is 46.6 Å². The Morgan fingerprint density at radius 3 is 2.52 bits per heavy atom. The van der Waals surface area contributed by atoms with E-state index >= 15 is 0 Å². The molecule has 2 aromatic carbocycles. The number of hydrogen-bond acceptors (Lipinski definition) is 6. The number of thioether (sulfide) groups is 1. The van der Waals surface area contributed by atoms with Gasteiger partial charge in [0.15, 0.2) is 0 Å². The molecule has 1 saturated heterocycles. The van der Waals surface area contributed by atoms with E-state index in [2.05, 4.69) is 0 Å². The Bertz CT molecular complexity index is 1040. The van der Waals surface area contributed by atoms with Crippen LogP contribution in [-0.4, -0.2) is 34.1 Å². The molecule has 150 valence electrons. The van der Waals surface area contributed by atoms with E-state index in [9.17, 15) is 19.7 Å². The molecule has 2 amide bonds. The number of carbonyl (C=O) groups is 2.